The Kier molecular flexibility index (Phi) is 3.66. The van der Waals surface area contributed by atoms with Gasteiger partial charge in [-0.05, 0) is 44.1 Å². The van der Waals surface area contributed by atoms with E-state index in [0.717, 1.165) is 27.9 Å². The summed E-state index contributed by atoms with van der Waals surface area (Å²) in [5, 5.41) is 0. The summed E-state index contributed by atoms with van der Waals surface area (Å²) in [5.74, 6) is 1.09. The first-order valence-electron chi connectivity index (χ1n) is 6.68. The molecule has 0 spiro atoms. The van der Waals surface area contributed by atoms with E-state index in [0.29, 0.717) is 0 Å². The van der Waals surface area contributed by atoms with E-state index in [-0.39, 0.29) is 0 Å². The molecule has 1 aromatic carbocycles. The SMILES string of the molecule is Brc1ccc2nc(CN3CCCCCC3)[nH]c2c1. The van der Waals surface area contributed by atoms with Crippen molar-refractivity contribution in [1.82, 2.24) is 14.9 Å². The van der Waals surface area contributed by atoms with Crippen LogP contribution in [0.4, 0.5) is 0 Å². The number of halogens is 1. The fourth-order valence-corrected chi connectivity index (χ4v) is 2.98. The average Bonchev–Trinajstić information content (AvgIpc) is 2.57. The van der Waals surface area contributed by atoms with Crippen LogP contribution in [0.15, 0.2) is 22.7 Å². The summed E-state index contributed by atoms with van der Waals surface area (Å²) < 4.78 is 1.10. The molecule has 4 heteroatoms. The van der Waals surface area contributed by atoms with Crippen LogP contribution in [-0.4, -0.2) is 28.0 Å². The highest BCUT2D eigenvalue weighted by atomic mass is 79.9. The Morgan fingerprint density at radius 3 is 2.72 bits per heavy atom. The van der Waals surface area contributed by atoms with Crippen LogP contribution in [0.3, 0.4) is 0 Å². The quantitative estimate of drug-likeness (QED) is 0.917. The number of rotatable bonds is 2. The smallest absolute Gasteiger partial charge is 0.121 e. The first-order valence-corrected chi connectivity index (χ1v) is 7.47. The summed E-state index contributed by atoms with van der Waals surface area (Å²) in [4.78, 5) is 10.6. The van der Waals surface area contributed by atoms with Crippen LogP contribution in [0.1, 0.15) is 31.5 Å². The summed E-state index contributed by atoms with van der Waals surface area (Å²) in [7, 11) is 0. The first kappa shape index (κ1) is 12.2. The van der Waals surface area contributed by atoms with Crippen molar-refractivity contribution in [3.05, 3.63) is 28.5 Å². The van der Waals surface area contributed by atoms with Crippen LogP contribution < -0.4 is 0 Å². The Balaban J connectivity index is 1.77. The number of aromatic amines is 1. The Morgan fingerprint density at radius 2 is 1.94 bits per heavy atom. The summed E-state index contributed by atoms with van der Waals surface area (Å²) >= 11 is 3.49. The Morgan fingerprint density at radius 1 is 1.17 bits per heavy atom. The lowest BCUT2D eigenvalue weighted by Gasteiger charge is -2.17. The largest absolute Gasteiger partial charge is 0.341 e. The maximum Gasteiger partial charge on any atom is 0.121 e. The van der Waals surface area contributed by atoms with Gasteiger partial charge in [-0.15, -0.1) is 0 Å². The third-order valence-electron chi connectivity index (χ3n) is 3.57. The molecule has 96 valence electrons. The molecule has 0 unspecified atom stereocenters. The van der Waals surface area contributed by atoms with E-state index in [1.54, 1.807) is 0 Å². The van der Waals surface area contributed by atoms with Crippen molar-refractivity contribution < 1.29 is 0 Å². The normalized spacial score (nSPS) is 18.1. The first-order chi connectivity index (χ1) is 8.81. The zero-order chi connectivity index (χ0) is 12.4. The lowest BCUT2D eigenvalue weighted by Crippen LogP contribution is -2.24. The molecule has 2 aromatic rings. The van der Waals surface area contributed by atoms with Gasteiger partial charge in [0.15, 0.2) is 0 Å². The van der Waals surface area contributed by atoms with Crippen LogP contribution in [0.25, 0.3) is 11.0 Å². The lowest BCUT2D eigenvalue weighted by atomic mass is 10.2. The molecule has 3 nitrogen and oxygen atoms in total. The fourth-order valence-electron chi connectivity index (χ4n) is 2.62. The second kappa shape index (κ2) is 5.41. The van der Waals surface area contributed by atoms with E-state index in [1.807, 2.05) is 6.07 Å². The highest BCUT2D eigenvalue weighted by molar-refractivity contribution is 9.10. The molecule has 0 bridgehead atoms. The number of imidazole rings is 1. The van der Waals surface area contributed by atoms with Gasteiger partial charge in [0.2, 0.25) is 0 Å². The van der Waals surface area contributed by atoms with Crippen LogP contribution in [-0.2, 0) is 6.54 Å². The average molecular weight is 308 g/mol. The molecular formula is C14H18BrN3. The van der Waals surface area contributed by atoms with Gasteiger partial charge in [-0.1, -0.05) is 28.8 Å². The van der Waals surface area contributed by atoms with Gasteiger partial charge in [-0.3, -0.25) is 4.90 Å². The lowest BCUT2D eigenvalue weighted by molar-refractivity contribution is 0.271. The molecule has 1 saturated heterocycles. The Bertz CT molecular complexity index is 527. The second-order valence-electron chi connectivity index (χ2n) is 5.04. The van der Waals surface area contributed by atoms with Crippen LogP contribution in [0.5, 0.6) is 0 Å². The van der Waals surface area contributed by atoms with Gasteiger partial charge in [0.25, 0.3) is 0 Å². The number of benzene rings is 1. The topological polar surface area (TPSA) is 31.9 Å². The highest BCUT2D eigenvalue weighted by Gasteiger charge is 2.11. The van der Waals surface area contributed by atoms with Crippen LogP contribution in [0.2, 0.25) is 0 Å². The molecule has 1 fully saturated rings. The minimum absolute atomic E-state index is 0.951. The molecule has 0 saturated carbocycles. The van der Waals surface area contributed by atoms with E-state index < -0.39 is 0 Å². The number of nitrogens with zero attached hydrogens (tertiary/aromatic N) is 2. The predicted octanol–water partition coefficient (Wildman–Crippen LogP) is 3.70. The van der Waals surface area contributed by atoms with Gasteiger partial charge in [-0.25, -0.2) is 4.98 Å². The third kappa shape index (κ3) is 2.75. The standard InChI is InChI=1S/C14H18BrN3/c15-11-5-6-12-13(9-11)17-14(16-12)10-18-7-3-1-2-4-8-18/h5-6,9H,1-4,7-8,10H2,(H,16,17). The van der Waals surface area contributed by atoms with Crippen molar-refractivity contribution in [1.29, 1.82) is 0 Å². The van der Waals surface area contributed by atoms with Crippen molar-refractivity contribution in [2.75, 3.05) is 13.1 Å². The van der Waals surface area contributed by atoms with E-state index in [9.17, 15) is 0 Å². The molecule has 0 aliphatic carbocycles. The maximum atomic E-state index is 4.66. The summed E-state index contributed by atoms with van der Waals surface area (Å²) in [5.41, 5.74) is 2.18. The summed E-state index contributed by atoms with van der Waals surface area (Å²) in [6, 6.07) is 6.19. The second-order valence-corrected chi connectivity index (χ2v) is 5.95. The number of likely N-dealkylation sites (tertiary alicyclic amines) is 1. The Hall–Kier alpha value is -0.870. The molecule has 1 N–H and O–H groups in total. The predicted molar refractivity (Wildman–Crippen MR) is 77.5 cm³/mol. The maximum absolute atomic E-state index is 4.66. The minimum atomic E-state index is 0.951. The number of hydrogen-bond donors (Lipinski definition) is 1. The van der Waals surface area contributed by atoms with Crippen molar-refractivity contribution in [2.45, 2.75) is 32.2 Å². The van der Waals surface area contributed by atoms with E-state index in [1.165, 1.54) is 38.8 Å². The van der Waals surface area contributed by atoms with E-state index >= 15 is 0 Å². The number of H-pyrrole nitrogens is 1. The van der Waals surface area contributed by atoms with Gasteiger partial charge in [0.1, 0.15) is 5.82 Å². The molecule has 3 rings (SSSR count). The molecule has 18 heavy (non-hydrogen) atoms. The van der Waals surface area contributed by atoms with Crippen LogP contribution in [0, 0.1) is 0 Å². The number of hydrogen-bond acceptors (Lipinski definition) is 2. The number of fused-ring (bicyclic) bond motifs is 1. The number of nitrogens with one attached hydrogen (secondary N) is 1. The summed E-state index contributed by atoms with van der Waals surface area (Å²) in [6.07, 6.45) is 5.41. The zero-order valence-corrected chi connectivity index (χ0v) is 12.0. The summed E-state index contributed by atoms with van der Waals surface area (Å²) in [6.45, 7) is 3.37. The van der Waals surface area contributed by atoms with Gasteiger partial charge in [0.05, 0.1) is 17.6 Å². The highest BCUT2D eigenvalue weighted by Crippen LogP contribution is 2.19. The molecule has 0 amide bonds. The van der Waals surface area contributed by atoms with Crippen molar-refractivity contribution in [3.63, 3.8) is 0 Å². The van der Waals surface area contributed by atoms with Crippen LogP contribution >= 0.6 is 15.9 Å². The fraction of sp³-hybridized carbons (Fsp3) is 0.500. The molecular weight excluding hydrogens is 290 g/mol. The number of aromatic nitrogens is 2. The van der Waals surface area contributed by atoms with Crippen molar-refractivity contribution in [3.8, 4) is 0 Å². The molecule has 2 heterocycles. The Labute approximate surface area is 116 Å². The minimum Gasteiger partial charge on any atom is -0.341 e. The van der Waals surface area contributed by atoms with Gasteiger partial charge < -0.3 is 4.98 Å². The molecule has 0 atom stereocenters. The van der Waals surface area contributed by atoms with E-state index in [2.05, 4.69) is 42.9 Å². The third-order valence-corrected chi connectivity index (χ3v) is 4.06. The zero-order valence-electron chi connectivity index (χ0n) is 10.5. The monoisotopic (exact) mass is 307 g/mol. The van der Waals surface area contributed by atoms with Gasteiger partial charge in [0, 0.05) is 4.47 Å². The molecule has 1 aromatic heterocycles. The van der Waals surface area contributed by atoms with Crippen molar-refractivity contribution >= 4 is 27.0 Å². The van der Waals surface area contributed by atoms with Gasteiger partial charge >= 0.3 is 0 Å². The molecule has 1 aliphatic heterocycles. The molecule has 0 radical (unpaired) electrons. The van der Waals surface area contributed by atoms with E-state index in [4.69, 9.17) is 0 Å². The van der Waals surface area contributed by atoms with Gasteiger partial charge in [-0.2, -0.15) is 0 Å². The van der Waals surface area contributed by atoms with Crippen molar-refractivity contribution in [2.24, 2.45) is 0 Å². The molecule has 1 aliphatic rings.